The molecule has 0 aliphatic rings. The van der Waals surface area contributed by atoms with Crippen LogP contribution in [0.3, 0.4) is 0 Å². The summed E-state index contributed by atoms with van der Waals surface area (Å²) in [4.78, 5) is 0. The minimum absolute atomic E-state index is 0.535. The smallest absolute Gasteiger partial charge is 0.103 e. The van der Waals surface area contributed by atoms with Crippen molar-refractivity contribution in [2.75, 3.05) is 0 Å². The molecule has 0 saturated heterocycles. The van der Waals surface area contributed by atoms with Gasteiger partial charge < -0.3 is 4.42 Å². The Morgan fingerprint density at radius 1 is 1.50 bits per heavy atom. The Morgan fingerprint density at radius 2 is 2.12 bits per heavy atom. The lowest BCUT2D eigenvalue weighted by molar-refractivity contribution is 0.502. The van der Waals surface area contributed by atoms with Crippen molar-refractivity contribution < 1.29 is 5.79 Å². The van der Waals surface area contributed by atoms with Gasteiger partial charge in [-0.1, -0.05) is 0 Å². The fourth-order valence-corrected chi connectivity index (χ4v) is 0.684. The van der Waals surface area contributed by atoms with Crippen LogP contribution in [0.2, 0.25) is 0 Å². The van der Waals surface area contributed by atoms with Gasteiger partial charge in [0.15, 0.2) is 0 Å². The van der Waals surface area contributed by atoms with Crippen molar-refractivity contribution >= 4 is 0 Å². The number of hydrogen-bond donors (Lipinski definition) is 0. The summed E-state index contributed by atoms with van der Waals surface area (Å²) in [6, 6.07) is 0.535. The largest absolute Gasteiger partial charge is 0.466 e. The second-order valence-electron chi connectivity index (χ2n) is 1.96. The average Bonchev–Trinajstić information content (AvgIpc) is 1.98. The van der Waals surface area contributed by atoms with Crippen LogP contribution < -0.4 is 0 Å². The van der Waals surface area contributed by atoms with Gasteiger partial charge in [-0.3, -0.25) is 0 Å². The van der Waals surface area contributed by atoms with Crippen LogP contribution in [0, 0.1) is 20.8 Å². The molecule has 1 aromatic rings. The van der Waals surface area contributed by atoms with E-state index in [1.807, 2.05) is 20.8 Å². The van der Waals surface area contributed by atoms with Gasteiger partial charge in [-0.2, -0.15) is 0 Å². The number of hydrogen-bond acceptors (Lipinski definition) is 1. The number of furan rings is 1. The molecular formula is C7H10O. The fraction of sp³-hybridized carbons (Fsp3) is 0.429. The fourth-order valence-electron chi connectivity index (χ4n) is 0.684. The molecule has 0 aliphatic heterocycles. The zero-order valence-corrected chi connectivity index (χ0v) is 5.41. The van der Waals surface area contributed by atoms with Crippen LogP contribution in [-0.4, -0.2) is 0 Å². The topological polar surface area (TPSA) is 13.1 Å². The molecular weight excluding hydrogens is 100 g/mol. The maximum atomic E-state index is 7.37. The molecule has 0 atom stereocenters. The van der Waals surface area contributed by atoms with Gasteiger partial charge in [-0.05, 0) is 32.4 Å². The highest BCUT2D eigenvalue weighted by Crippen LogP contribution is 2.10. The highest BCUT2D eigenvalue weighted by molar-refractivity contribution is 5.17. The minimum Gasteiger partial charge on any atom is -0.466 e. The van der Waals surface area contributed by atoms with Crippen molar-refractivity contribution in [2.24, 2.45) is 0 Å². The Kier molecular flexibility index (Phi) is 0.867. The van der Waals surface area contributed by atoms with Crippen LogP contribution in [0.15, 0.2) is 10.5 Å². The third-order valence-electron chi connectivity index (χ3n) is 1.20. The molecule has 0 bridgehead atoms. The van der Waals surface area contributed by atoms with E-state index in [0.717, 1.165) is 11.3 Å². The average molecular weight is 111 g/mol. The van der Waals surface area contributed by atoms with Crippen LogP contribution in [0.5, 0.6) is 0 Å². The van der Waals surface area contributed by atoms with Crippen molar-refractivity contribution in [3.63, 3.8) is 0 Å². The SMILES string of the molecule is [2H]c1c(C)oc(C)c1C. The van der Waals surface area contributed by atoms with Crippen molar-refractivity contribution in [1.82, 2.24) is 0 Å². The predicted octanol–water partition coefficient (Wildman–Crippen LogP) is 2.20. The molecule has 1 nitrogen and oxygen atoms in total. The molecule has 0 fully saturated rings. The summed E-state index contributed by atoms with van der Waals surface area (Å²) in [6.07, 6.45) is 0. The highest BCUT2D eigenvalue weighted by Gasteiger charge is 1.95. The summed E-state index contributed by atoms with van der Waals surface area (Å²) in [6.45, 7) is 5.58. The normalized spacial score (nSPS) is 11.6. The second-order valence-corrected chi connectivity index (χ2v) is 1.96. The lowest BCUT2D eigenvalue weighted by Gasteiger charge is -1.80. The van der Waals surface area contributed by atoms with Gasteiger partial charge in [-0.15, -0.1) is 0 Å². The van der Waals surface area contributed by atoms with Gasteiger partial charge in [0.1, 0.15) is 11.5 Å². The molecule has 1 aromatic heterocycles. The van der Waals surface area contributed by atoms with Gasteiger partial charge in [0, 0.05) is 0 Å². The maximum Gasteiger partial charge on any atom is 0.103 e. The summed E-state index contributed by atoms with van der Waals surface area (Å²) in [5.74, 6) is 1.57. The van der Waals surface area contributed by atoms with E-state index >= 15 is 0 Å². The second kappa shape index (κ2) is 1.66. The molecule has 44 valence electrons. The van der Waals surface area contributed by atoms with E-state index in [-0.39, 0.29) is 0 Å². The molecule has 1 rings (SSSR count). The zero-order chi connectivity index (χ0) is 7.02. The molecule has 0 aromatic carbocycles. The lowest BCUT2D eigenvalue weighted by Crippen LogP contribution is -1.63. The molecule has 0 amide bonds. The quantitative estimate of drug-likeness (QED) is 0.500. The van der Waals surface area contributed by atoms with E-state index in [4.69, 9.17) is 5.79 Å². The molecule has 8 heavy (non-hydrogen) atoms. The molecule has 0 spiro atoms. The molecule has 0 unspecified atom stereocenters. The first-order valence-corrected chi connectivity index (χ1v) is 2.66. The van der Waals surface area contributed by atoms with Crippen LogP contribution in [0.25, 0.3) is 0 Å². The number of aryl methyl sites for hydroxylation is 2. The monoisotopic (exact) mass is 111 g/mol. The summed E-state index contributed by atoms with van der Waals surface area (Å²) in [5, 5.41) is 0. The Balaban J connectivity index is 3.29. The van der Waals surface area contributed by atoms with Gasteiger partial charge in [0.2, 0.25) is 0 Å². The van der Waals surface area contributed by atoms with Crippen molar-refractivity contribution in [3.8, 4) is 0 Å². The highest BCUT2D eigenvalue weighted by atomic mass is 16.3. The number of rotatable bonds is 0. The van der Waals surface area contributed by atoms with Crippen LogP contribution in [0.1, 0.15) is 18.5 Å². The predicted molar refractivity (Wildman–Crippen MR) is 32.9 cm³/mol. The summed E-state index contributed by atoms with van der Waals surface area (Å²) in [7, 11) is 0. The van der Waals surface area contributed by atoms with Crippen molar-refractivity contribution in [1.29, 1.82) is 0 Å². The third kappa shape index (κ3) is 0.760. The Morgan fingerprint density at radius 3 is 2.25 bits per heavy atom. The zero-order valence-electron chi connectivity index (χ0n) is 6.41. The molecule has 0 saturated carbocycles. The van der Waals surface area contributed by atoms with E-state index < -0.39 is 0 Å². The molecule has 0 N–H and O–H groups in total. The van der Waals surface area contributed by atoms with E-state index in [9.17, 15) is 0 Å². The van der Waals surface area contributed by atoms with E-state index in [1.54, 1.807) is 0 Å². The van der Waals surface area contributed by atoms with Crippen molar-refractivity contribution in [3.05, 3.63) is 23.1 Å². The molecule has 1 heterocycles. The van der Waals surface area contributed by atoms with E-state index in [2.05, 4.69) is 0 Å². The first-order valence-electron chi connectivity index (χ1n) is 3.16. The molecule has 0 radical (unpaired) electrons. The van der Waals surface area contributed by atoms with E-state index in [0.29, 0.717) is 11.8 Å². The summed E-state index contributed by atoms with van der Waals surface area (Å²) < 4.78 is 12.5. The summed E-state index contributed by atoms with van der Waals surface area (Å²) in [5.41, 5.74) is 0.951. The molecule has 1 heteroatoms. The van der Waals surface area contributed by atoms with Crippen LogP contribution >= 0.6 is 0 Å². The van der Waals surface area contributed by atoms with E-state index in [1.165, 1.54) is 0 Å². The van der Waals surface area contributed by atoms with Crippen molar-refractivity contribution in [2.45, 2.75) is 20.8 Å². The van der Waals surface area contributed by atoms with Gasteiger partial charge in [0.25, 0.3) is 0 Å². The van der Waals surface area contributed by atoms with Gasteiger partial charge in [0.05, 0.1) is 1.37 Å². The Bertz CT molecular complexity index is 203. The first kappa shape index (κ1) is 4.19. The van der Waals surface area contributed by atoms with Crippen LogP contribution in [0.4, 0.5) is 0 Å². The van der Waals surface area contributed by atoms with Gasteiger partial charge >= 0.3 is 0 Å². The first-order chi connectivity index (χ1) is 4.13. The lowest BCUT2D eigenvalue weighted by atomic mass is 10.3. The standard InChI is InChI=1S/C7H10O/c1-5-4-6(2)8-7(5)3/h4H,1-3H3/i4D. The van der Waals surface area contributed by atoms with Crippen LogP contribution in [-0.2, 0) is 0 Å². The Labute approximate surface area is 50.7 Å². The third-order valence-corrected chi connectivity index (χ3v) is 1.20. The minimum atomic E-state index is 0.535. The summed E-state index contributed by atoms with van der Waals surface area (Å²) >= 11 is 0. The maximum absolute atomic E-state index is 7.37. The van der Waals surface area contributed by atoms with Gasteiger partial charge in [-0.25, -0.2) is 0 Å². The molecule has 0 aliphatic carbocycles. The Hall–Kier alpha value is -0.720.